The molecule has 0 amide bonds. The molecule has 104 valence electrons. The van der Waals surface area contributed by atoms with Gasteiger partial charge in [-0.25, -0.2) is 0 Å². The Bertz CT molecular complexity index is 145. The quantitative estimate of drug-likeness (QED) is 0.393. The standard InChI is InChI=1S/C14H32O2P/c1-5-11-17(12-6-2,13-7-3)14-10-16-9-8-15-4/h5-14H2,1-4H3/q+1. The van der Waals surface area contributed by atoms with Crippen molar-refractivity contribution in [2.45, 2.75) is 40.0 Å². The van der Waals surface area contributed by atoms with Gasteiger partial charge in [0.05, 0.1) is 44.5 Å². The largest absolute Gasteiger partial charge is 0.382 e. The van der Waals surface area contributed by atoms with Crippen molar-refractivity contribution in [3.05, 3.63) is 0 Å². The summed E-state index contributed by atoms with van der Waals surface area (Å²) in [4.78, 5) is 0. The van der Waals surface area contributed by atoms with E-state index in [1.54, 1.807) is 7.11 Å². The smallest absolute Gasteiger partial charge is 0.0828 e. The number of methoxy groups -OCH3 is 1. The first-order valence-corrected chi connectivity index (χ1v) is 9.69. The summed E-state index contributed by atoms with van der Waals surface area (Å²) in [7, 11) is 1.02. The molecule has 0 heterocycles. The maximum absolute atomic E-state index is 5.67. The van der Waals surface area contributed by atoms with Crippen LogP contribution in [0.3, 0.4) is 0 Å². The van der Waals surface area contributed by atoms with E-state index in [1.165, 1.54) is 43.9 Å². The van der Waals surface area contributed by atoms with Gasteiger partial charge < -0.3 is 9.47 Å². The third-order valence-electron chi connectivity index (χ3n) is 3.24. The van der Waals surface area contributed by atoms with E-state index in [1.807, 2.05) is 0 Å². The fraction of sp³-hybridized carbons (Fsp3) is 1.00. The van der Waals surface area contributed by atoms with Gasteiger partial charge in [-0.15, -0.1) is 0 Å². The van der Waals surface area contributed by atoms with Gasteiger partial charge in [0.25, 0.3) is 0 Å². The monoisotopic (exact) mass is 263 g/mol. The first-order chi connectivity index (χ1) is 8.24. The van der Waals surface area contributed by atoms with Crippen LogP contribution in [0.15, 0.2) is 0 Å². The second-order valence-electron chi connectivity index (χ2n) is 4.84. The molecule has 3 heteroatoms. The van der Waals surface area contributed by atoms with Crippen LogP contribution in [0.4, 0.5) is 0 Å². The molecule has 0 aromatic heterocycles. The summed E-state index contributed by atoms with van der Waals surface area (Å²) in [5, 5.41) is 0. The average Bonchev–Trinajstić information content (AvgIpc) is 2.30. The van der Waals surface area contributed by atoms with Gasteiger partial charge in [-0.3, -0.25) is 0 Å². The number of hydrogen-bond acceptors (Lipinski definition) is 2. The highest BCUT2D eigenvalue weighted by atomic mass is 31.2. The maximum atomic E-state index is 5.67. The van der Waals surface area contributed by atoms with Crippen LogP contribution in [-0.4, -0.2) is 51.6 Å². The summed E-state index contributed by atoms with van der Waals surface area (Å²) in [5.41, 5.74) is 0. The van der Waals surface area contributed by atoms with Crippen LogP contribution in [-0.2, 0) is 9.47 Å². The molecule has 0 aliphatic carbocycles. The third-order valence-corrected chi connectivity index (χ3v) is 8.55. The van der Waals surface area contributed by atoms with Crippen molar-refractivity contribution in [2.75, 3.05) is 51.6 Å². The highest BCUT2D eigenvalue weighted by molar-refractivity contribution is 7.75. The van der Waals surface area contributed by atoms with Gasteiger partial charge in [-0.1, -0.05) is 20.8 Å². The normalized spacial score (nSPS) is 12.0. The van der Waals surface area contributed by atoms with Crippen LogP contribution >= 0.6 is 7.26 Å². The van der Waals surface area contributed by atoms with Crippen molar-refractivity contribution in [2.24, 2.45) is 0 Å². The van der Waals surface area contributed by atoms with Gasteiger partial charge in [-0.2, -0.15) is 0 Å². The Morgan fingerprint density at radius 2 is 1.24 bits per heavy atom. The Balaban J connectivity index is 4.05. The molecule has 0 aromatic carbocycles. The van der Waals surface area contributed by atoms with Crippen LogP contribution < -0.4 is 0 Å². The van der Waals surface area contributed by atoms with E-state index in [4.69, 9.17) is 9.47 Å². The third kappa shape index (κ3) is 8.13. The van der Waals surface area contributed by atoms with E-state index < -0.39 is 7.26 Å². The zero-order valence-electron chi connectivity index (χ0n) is 12.3. The second kappa shape index (κ2) is 11.4. The first-order valence-electron chi connectivity index (χ1n) is 7.16. The lowest BCUT2D eigenvalue weighted by molar-refractivity contribution is 0.0785. The van der Waals surface area contributed by atoms with Crippen molar-refractivity contribution < 1.29 is 9.47 Å². The summed E-state index contributed by atoms with van der Waals surface area (Å²) in [5.74, 6) is 0. The van der Waals surface area contributed by atoms with Gasteiger partial charge in [0.2, 0.25) is 0 Å². The molecule has 0 fully saturated rings. The molecular formula is C14H32O2P+. The van der Waals surface area contributed by atoms with Gasteiger partial charge in [-0.05, 0) is 19.3 Å². The molecule has 17 heavy (non-hydrogen) atoms. The summed E-state index contributed by atoms with van der Waals surface area (Å²) in [6, 6.07) is 0. The molecule has 0 aliphatic rings. The molecule has 0 atom stereocenters. The minimum absolute atomic E-state index is 0.711. The van der Waals surface area contributed by atoms with Crippen LogP contribution in [0.1, 0.15) is 40.0 Å². The highest BCUT2D eigenvalue weighted by Crippen LogP contribution is 2.59. The maximum Gasteiger partial charge on any atom is 0.0828 e. The van der Waals surface area contributed by atoms with Crippen LogP contribution in [0.5, 0.6) is 0 Å². The molecule has 0 saturated heterocycles. The van der Waals surface area contributed by atoms with Gasteiger partial charge in [0.15, 0.2) is 0 Å². The summed E-state index contributed by atoms with van der Waals surface area (Å²) in [6.45, 7) is 9.39. The van der Waals surface area contributed by atoms with E-state index in [9.17, 15) is 0 Å². The molecule has 0 rings (SSSR count). The minimum atomic E-state index is -0.711. The molecule has 0 aliphatic heterocycles. The van der Waals surface area contributed by atoms with E-state index in [-0.39, 0.29) is 0 Å². The molecule has 0 saturated carbocycles. The van der Waals surface area contributed by atoms with E-state index in [2.05, 4.69) is 20.8 Å². The summed E-state index contributed by atoms with van der Waals surface area (Å²) >= 11 is 0. The minimum Gasteiger partial charge on any atom is -0.382 e. The topological polar surface area (TPSA) is 18.5 Å². The molecular weight excluding hydrogens is 231 g/mol. The summed E-state index contributed by atoms with van der Waals surface area (Å²) in [6.07, 6.45) is 9.72. The Kier molecular flexibility index (Phi) is 11.7. The Labute approximate surface area is 109 Å². The fourth-order valence-corrected chi connectivity index (χ4v) is 7.30. The number of ether oxygens (including phenoxy) is 2. The zero-order valence-corrected chi connectivity index (χ0v) is 13.2. The van der Waals surface area contributed by atoms with Crippen molar-refractivity contribution >= 4 is 7.26 Å². The van der Waals surface area contributed by atoms with Gasteiger partial charge in [0, 0.05) is 14.4 Å². The van der Waals surface area contributed by atoms with Crippen molar-refractivity contribution in [1.29, 1.82) is 0 Å². The molecule has 0 bridgehead atoms. The Morgan fingerprint density at radius 1 is 0.706 bits per heavy atom. The van der Waals surface area contributed by atoms with Crippen LogP contribution in [0, 0.1) is 0 Å². The molecule has 0 spiro atoms. The second-order valence-corrected chi connectivity index (χ2v) is 9.31. The highest BCUT2D eigenvalue weighted by Gasteiger charge is 2.33. The lowest BCUT2D eigenvalue weighted by Crippen LogP contribution is -2.16. The number of hydrogen-bond donors (Lipinski definition) is 0. The van der Waals surface area contributed by atoms with Gasteiger partial charge in [0.1, 0.15) is 0 Å². The Hall–Kier alpha value is 0.350. The Morgan fingerprint density at radius 3 is 1.65 bits per heavy atom. The summed E-state index contributed by atoms with van der Waals surface area (Å²) < 4.78 is 10.7. The first kappa shape index (κ1) is 17.4. The molecule has 0 radical (unpaired) electrons. The van der Waals surface area contributed by atoms with Crippen molar-refractivity contribution in [3.63, 3.8) is 0 Å². The molecule has 0 aromatic rings. The lowest BCUT2D eigenvalue weighted by Gasteiger charge is -2.26. The fourth-order valence-electron chi connectivity index (χ4n) is 2.60. The number of rotatable bonds is 12. The predicted molar refractivity (Wildman–Crippen MR) is 80.0 cm³/mol. The van der Waals surface area contributed by atoms with Crippen molar-refractivity contribution in [3.8, 4) is 0 Å². The van der Waals surface area contributed by atoms with Crippen LogP contribution in [0.25, 0.3) is 0 Å². The lowest BCUT2D eigenvalue weighted by atomic mass is 10.6. The zero-order chi connectivity index (χ0) is 13.0. The molecule has 0 N–H and O–H groups in total. The SMILES string of the molecule is CCC[P+](CCC)(CCC)CCOCCOC. The molecule has 2 nitrogen and oxygen atoms in total. The van der Waals surface area contributed by atoms with Crippen molar-refractivity contribution in [1.82, 2.24) is 0 Å². The van der Waals surface area contributed by atoms with Gasteiger partial charge >= 0.3 is 0 Å². The van der Waals surface area contributed by atoms with E-state index in [0.717, 1.165) is 19.8 Å². The average molecular weight is 263 g/mol. The van der Waals surface area contributed by atoms with E-state index in [0.29, 0.717) is 0 Å². The van der Waals surface area contributed by atoms with E-state index >= 15 is 0 Å². The molecule has 0 unspecified atom stereocenters. The van der Waals surface area contributed by atoms with Crippen LogP contribution in [0.2, 0.25) is 0 Å². The predicted octanol–water partition coefficient (Wildman–Crippen LogP) is 3.90.